The van der Waals surface area contributed by atoms with Crippen LogP contribution in [0, 0.1) is 13.8 Å². The van der Waals surface area contributed by atoms with Crippen molar-refractivity contribution in [3.05, 3.63) is 94.4 Å². The second-order valence-electron chi connectivity index (χ2n) is 6.99. The van der Waals surface area contributed by atoms with Crippen LogP contribution in [0.5, 0.6) is 0 Å². The molecule has 3 aromatic rings. The number of aliphatic imine (C=N–C) groups is 1. The van der Waals surface area contributed by atoms with E-state index in [4.69, 9.17) is 4.99 Å². The third-order valence-electron chi connectivity index (χ3n) is 4.91. The molecule has 0 saturated carbocycles. The number of amidine groups is 1. The average Bonchev–Trinajstić information content (AvgIpc) is 3.05. The van der Waals surface area contributed by atoms with Gasteiger partial charge in [0.2, 0.25) is 0 Å². The smallest absolute Gasteiger partial charge is 0.268 e. The second-order valence-corrected chi connectivity index (χ2v) is 8.88. The van der Waals surface area contributed by atoms with Gasteiger partial charge < -0.3 is 0 Å². The first-order valence-corrected chi connectivity index (χ1v) is 11.7. The monoisotopic (exact) mass is 430 g/mol. The van der Waals surface area contributed by atoms with E-state index in [1.54, 1.807) is 16.7 Å². The Labute approximate surface area is 185 Å². The van der Waals surface area contributed by atoms with Gasteiger partial charge >= 0.3 is 0 Å². The molecule has 3 nitrogen and oxygen atoms in total. The fourth-order valence-corrected chi connectivity index (χ4v) is 4.61. The van der Waals surface area contributed by atoms with Gasteiger partial charge in [0.25, 0.3) is 5.91 Å². The lowest BCUT2D eigenvalue weighted by atomic mass is 10.1. The Balaban J connectivity index is 1.79. The van der Waals surface area contributed by atoms with E-state index in [2.05, 4.69) is 18.4 Å². The zero-order valence-corrected chi connectivity index (χ0v) is 18.8. The van der Waals surface area contributed by atoms with Gasteiger partial charge in [-0.1, -0.05) is 48.5 Å². The van der Waals surface area contributed by atoms with E-state index in [0.29, 0.717) is 10.1 Å². The summed E-state index contributed by atoms with van der Waals surface area (Å²) in [7, 11) is 0. The molecule has 150 valence electrons. The first-order valence-electron chi connectivity index (χ1n) is 9.65. The van der Waals surface area contributed by atoms with E-state index in [1.165, 1.54) is 16.7 Å². The largest absolute Gasteiger partial charge is 0.271 e. The summed E-state index contributed by atoms with van der Waals surface area (Å²) in [6, 6.07) is 24.1. The predicted molar refractivity (Wildman–Crippen MR) is 131 cm³/mol. The first-order chi connectivity index (χ1) is 14.6. The maximum atomic E-state index is 13.4. The van der Waals surface area contributed by atoms with Gasteiger partial charge in [-0.25, -0.2) is 4.99 Å². The Morgan fingerprint density at radius 2 is 1.57 bits per heavy atom. The minimum absolute atomic E-state index is 0.0458. The summed E-state index contributed by atoms with van der Waals surface area (Å²) in [5.74, 6) is -0.0458. The number of para-hydroxylation sites is 2. The Morgan fingerprint density at radius 3 is 2.23 bits per heavy atom. The van der Waals surface area contributed by atoms with E-state index in [0.717, 1.165) is 28.1 Å². The van der Waals surface area contributed by atoms with Crippen LogP contribution in [0.15, 0.2) is 87.6 Å². The van der Waals surface area contributed by atoms with Gasteiger partial charge in [0, 0.05) is 4.90 Å². The molecule has 0 bridgehead atoms. The molecule has 1 fully saturated rings. The predicted octanol–water partition coefficient (Wildman–Crippen LogP) is 6.83. The Bertz CT molecular complexity index is 1150. The van der Waals surface area contributed by atoms with Crippen molar-refractivity contribution < 1.29 is 4.79 Å². The van der Waals surface area contributed by atoms with Crippen LogP contribution in [0.3, 0.4) is 0 Å². The SMILES string of the molecule is CSc1ccc(/C=C2\SC(=Nc3ccccc3C)N(c3ccccc3C)C2=O)cc1. The molecule has 0 atom stereocenters. The average molecular weight is 431 g/mol. The number of benzene rings is 3. The standard InChI is InChI=1S/C25H22N2OS2/c1-17-8-4-6-10-21(17)26-25-27(22-11-7-5-9-18(22)2)24(28)23(30-25)16-19-12-14-20(29-3)15-13-19/h4-16H,1-3H3/b23-16-,26-25?. The fourth-order valence-electron chi connectivity index (χ4n) is 3.22. The van der Waals surface area contributed by atoms with E-state index in [1.807, 2.05) is 80.6 Å². The summed E-state index contributed by atoms with van der Waals surface area (Å²) in [6.45, 7) is 4.05. The molecular weight excluding hydrogens is 408 g/mol. The van der Waals surface area contributed by atoms with Crippen LogP contribution in [0.25, 0.3) is 6.08 Å². The highest BCUT2D eigenvalue weighted by molar-refractivity contribution is 8.19. The van der Waals surface area contributed by atoms with Crippen LogP contribution in [0.2, 0.25) is 0 Å². The summed E-state index contributed by atoms with van der Waals surface area (Å²) in [5.41, 5.74) is 4.85. The van der Waals surface area contributed by atoms with Crippen LogP contribution in [-0.4, -0.2) is 17.3 Å². The minimum Gasteiger partial charge on any atom is -0.268 e. The summed E-state index contributed by atoms with van der Waals surface area (Å²) in [4.78, 5) is 21.9. The van der Waals surface area contributed by atoms with Gasteiger partial charge in [0.05, 0.1) is 16.3 Å². The molecule has 30 heavy (non-hydrogen) atoms. The van der Waals surface area contributed by atoms with Crippen molar-refractivity contribution in [1.82, 2.24) is 0 Å². The van der Waals surface area contributed by atoms with E-state index in [-0.39, 0.29) is 5.91 Å². The quantitative estimate of drug-likeness (QED) is 0.336. The number of hydrogen-bond acceptors (Lipinski definition) is 4. The topological polar surface area (TPSA) is 32.7 Å². The highest BCUT2D eigenvalue weighted by atomic mass is 32.2. The molecule has 0 aromatic heterocycles. The maximum Gasteiger partial charge on any atom is 0.271 e. The molecule has 0 aliphatic carbocycles. The van der Waals surface area contributed by atoms with E-state index in [9.17, 15) is 4.79 Å². The molecule has 1 amide bonds. The lowest BCUT2D eigenvalue weighted by Gasteiger charge is -2.18. The fraction of sp³-hybridized carbons (Fsp3) is 0.120. The minimum atomic E-state index is -0.0458. The molecule has 1 aliphatic rings. The number of carbonyl (C=O) groups excluding carboxylic acids is 1. The Hall–Kier alpha value is -2.76. The van der Waals surface area contributed by atoms with Gasteiger partial charge in [0.1, 0.15) is 0 Å². The Kier molecular flexibility index (Phi) is 6.11. The number of nitrogens with zero attached hydrogens (tertiary/aromatic N) is 2. The second kappa shape index (κ2) is 8.94. The summed E-state index contributed by atoms with van der Waals surface area (Å²) >= 11 is 3.12. The Morgan fingerprint density at radius 1 is 0.900 bits per heavy atom. The van der Waals surface area contributed by atoms with Gasteiger partial charge in [-0.2, -0.15) is 0 Å². The number of aryl methyl sites for hydroxylation is 2. The normalized spacial score (nSPS) is 16.6. The maximum absolute atomic E-state index is 13.4. The molecule has 4 rings (SSSR count). The van der Waals surface area contributed by atoms with Gasteiger partial charge in [-0.05, 0) is 78.9 Å². The molecule has 5 heteroatoms. The molecule has 3 aromatic carbocycles. The number of rotatable bonds is 4. The third-order valence-corrected chi connectivity index (χ3v) is 6.62. The van der Waals surface area contributed by atoms with Crippen molar-refractivity contribution in [1.29, 1.82) is 0 Å². The van der Waals surface area contributed by atoms with E-state index < -0.39 is 0 Å². The van der Waals surface area contributed by atoms with Gasteiger partial charge in [-0.3, -0.25) is 9.69 Å². The van der Waals surface area contributed by atoms with Crippen molar-refractivity contribution in [3.63, 3.8) is 0 Å². The van der Waals surface area contributed by atoms with Gasteiger partial charge in [-0.15, -0.1) is 11.8 Å². The molecule has 1 heterocycles. The van der Waals surface area contributed by atoms with Crippen LogP contribution < -0.4 is 4.90 Å². The van der Waals surface area contributed by atoms with Crippen LogP contribution in [0.4, 0.5) is 11.4 Å². The van der Waals surface area contributed by atoms with Gasteiger partial charge in [0.15, 0.2) is 5.17 Å². The van der Waals surface area contributed by atoms with Crippen molar-refractivity contribution >= 4 is 52.0 Å². The molecule has 1 aliphatic heterocycles. The molecule has 0 radical (unpaired) electrons. The van der Waals surface area contributed by atoms with Crippen molar-refractivity contribution in [2.75, 3.05) is 11.2 Å². The van der Waals surface area contributed by atoms with Crippen molar-refractivity contribution in [3.8, 4) is 0 Å². The number of carbonyl (C=O) groups is 1. The molecule has 0 N–H and O–H groups in total. The summed E-state index contributed by atoms with van der Waals surface area (Å²) in [5, 5.41) is 0.676. The molecule has 0 unspecified atom stereocenters. The zero-order chi connectivity index (χ0) is 21.1. The number of anilines is 1. The molecule has 1 saturated heterocycles. The van der Waals surface area contributed by atoms with Crippen molar-refractivity contribution in [2.24, 2.45) is 4.99 Å². The van der Waals surface area contributed by atoms with Crippen LogP contribution in [-0.2, 0) is 4.79 Å². The van der Waals surface area contributed by atoms with Crippen LogP contribution in [0.1, 0.15) is 16.7 Å². The molecule has 0 spiro atoms. The third kappa shape index (κ3) is 4.23. The lowest BCUT2D eigenvalue weighted by Crippen LogP contribution is -2.29. The summed E-state index contributed by atoms with van der Waals surface area (Å²) in [6.07, 6.45) is 4.00. The summed E-state index contributed by atoms with van der Waals surface area (Å²) < 4.78 is 0. The zero-order valence-electron chi connectivity index (χ0n) is 17.1. The highest BCUT2D eigenvalue weighted by Gasteiger charge is 2.35. The highest BCUT2D eigenvalue weighted by Crippen LogP contribution is 2.38. The van der Waals surface area contributed by atoms with Crippen molar-refractivity contribution in [2.45, 2.75) is 18.7 Å². The van der Waals surface area contributed by atoms with E-state index >= 15 is 0 Å². The number of amides is 1. The molecular formula is C25H22N2OS2. The lowest BCUT2D eigenvalue weighted by molar-refractivity contribution is -0.113. The van der Waals surface area contributed by atoms with Crippen LogP contribution >= 0.6 is 23.5 Å². The number of thioether (sulfide) groups is 2. The number of hydrogen-bond donors (Lipinski definition) is 0. The first kappa shape index (κ1) is 20.5.